The standard InChI is InChI=1S/C13H11NO2S2/c1-2-7-14-10(12(16)18-13(14)17)8-9-5-3-4-6-11(9)15/h2-6,8,15H,1,7H2/b10-8-. The molecule has 1 aliphatic heterocycles. The third-order valence-electron chi connectivity index (χ3n) is 2.44. The lowest BCUT2D eigenvalue weighted by molar-refractivity contribution is -0.108. The van der Waals surface area contributed by atoms with Gasteiger partial charge in [-0.05, 0) is 23.9 Å². The van der Waals surface area contributed by atoms with Crippen LogP contribution in [0.2, 0.25) is 0 Å². The highest BCUT2D eigenvalue weighted by molar-refractivity contribution is 8.33. The Morgan fingerprint density at radius 1 is 1.44 bits per heavy atom. The maximum absolute atomic E-state index is 11.8. The first-order chi connectivity index (χ1) is 8.63. The van der Waals surface area contributed by atoms with Gasteiger partial charge in [0.1, 0.15) is 10.1 Å². The van der Waals surface area contributed by atoms with Crippen LogP contribution in [-0.2, 0) is 4.79 Å². The van der Waals surface area contributed by atoms with Gasteiger partial charge in [-0.1, -0.05) is 36.5 Å². The number of para-hydroxylation sites is 1. The summed E-state index contributed by atoms with van der Waals surface area (Å²) in [6.07, 6.45) is 3.33. The molecule has 18 heavy (non-hydrogen) atoms. The summed E-state index contributed by atoms with van der Waals surface area (Å²) in [6, 6.07) is 6.85. The van der Waals surface area contributed by atoms with E-state index in [1.54, 1.807) is 41.3 Å². The van der Waals surface area contributed by atoms with Gasteiger partial charge in [0.2, 0.25) is 5.12 Å². The molecular weight excluding hydrogens is 266 g/mol. The van der Waals surface area contributed by atoms with Crippen LogP contribution in [0.1, 0.15) is 5.56 Å². The number of hydrogen-bond donors (Lipinski definition) is 1. The molecule has 0 radical (unpaired) electrons. The highest BCUT2D eigenvalue weighted by Gasteiger charge is 2.30. The highest BCUT2D eigenvalue weighted by atomic mass is 32.2. The van der Waals surface area contributed by atoms with E-state index in [1.165, 1.54) is 0 Å². The van der Waals surface area contributed by atoms with Crippen molar-refractivity contribution < 1.29 is 9.90 Å². The average Bonchev–Trinajstić information content (AvgIpc) is 2.59. The molecule has 1 aromatic carbocycles. The highest BCUT2D eigenvalue weighted by Crippen LogP contribution is 2.31. The number of thiocarbonyl (C=S) groups is 1. The summed E-state index contributed by atoms with van der Waals surface area (Å²) in [5.41, 5.74) is 1.08. The number of carbonyl (C=O) groups excluding carboxylic acids is 1. The second-order valence-electron chi connectivity index (χ2n) is 3.64. The zero-order valence-electron chi connectivity index (χ0n) is 9.50. The number of benzene rings is 1. The number of aromatic hydroxyl groups is 1. The topological polar surface area (TPSA) is 40.5 Å². The lowest BCUT2D eigenvalue weighted by Crippen LogP contribution is -2.21. The van der Waals surface area contributed by atoms with Gasteiger partial charge in [-0.3, -0.25) is 4.79 Å². The first kappa shape index (κ1) is 12.9. The summed E-state index contributed by atoms with van der Waals surface area (Å²) in [7, 11) is 0. The number of phenols is 1. The fraction of sp³-hybridized carbons (Fsp3) is 0.0769. The second kappa shape index (κ2) is 5.37. The van der Waals surface area contributed by atoms with Crippen molar-refractivity contribution >= 4 is 39.5 Å². The van der Waals surface area contributed by atoms with Crippen molar-refractivity contribution in [3.63, 3.8) is 0 Å². The first-order valence-electron chi connectivity index (χ1n) is 5.27. The molecule has 3 nitrogen and oxygen atoms in total. The van der Waals surface area contributed by atoms with E-state index in [0.29, 0.717) is 22.1 Å². The molecule has 0 aromatic heterocycles. The van der Waals surface area contributed by atoms with Gasteiger partial charge in [0.05, 0.1) is 5.70 Å². The molecule has 0 saturated carbocycles. The summed E-state index contributed by atoms with van der Waals surface area (Å²) < 4.78 is 0.515. The summed E-state index contributed by atoms with van der Waals surface area (Å²) >= 11 is 6.15. The van der Waals surface area contributed by atoms with Gasteiger partial charge in [0.15, 0.2) is 0 Å². The number of rotatable bonds is 3. The van der Waals surface area contributed by atoms with E-state index in [0.717, 1.165) is 11.8 Å². The Bertz CT molecular complexity index is 552. The van der Waals surface area contributed by atoms with Gasteiger partial charge in [-0.15, -0.1) is 6.58 Å². The second-order valence-corrected chi connectivity index (χ2v) is 5.25. The van der Waals surface area contributed by atoms with Gasteiger partial charge in [0.25, 0.3) is 0 Å². The SMILES string of the molecule is C=CCN1C(=S)SC(=O)/C1=C/c1ccccc1O. The number of nitrogens with zero attached hydrogens (tertiary/aromatic N) is 1. The molecule has 0 spiro atoms. The Morgan fingerprint density at radius 2 is 2.17 bits per heavy atom. The van der Waals surface area contributed by atoms with Crippen LogP contribution >= 0.6 is 24.0 Å². The molecule has 92 valence electrons. The van der Waals surface area contributed by atoms with E-state index in [2.05, 4.69) is 6.58 Å². The molecule has 1 saturated heterocycles. The molecule has 1 heterocycles. The number of hydrogen-bond acceptors (Lipinski definition) is 4. The Labute approximate surface area is 115 Å². The van der Waals surface area contributed by atoms with Gasteiger partial charge < -0.3 is 10.0 Å². The maximum atomic E-state index is 11.8. The van der Waals surface area contributed by atoms with Crippen molar-refractivity contribution in [2.75, 3.05) is 6.54 Å². The molecule has 2 rings (SSSR count). The zero-order chi connectivity index (χ0) is 13.1. The van der Waals surface area contributed by atoms with Crippen molar-refractivity contribution in [3.8, 4) is 5.75 Å². The number of thioether (sulfide) groups is 1. The van der Waals surface area contributed by atoms with E-state index in [9.17, 15) is 9.90 Å². The molecule has 0 unspecified atom stereocenters. The molecule has 1 fully saturated rings. The summed E-state index contributed by atoms with van der Waals surface area (Å²) in [5.74, 6) is 0.138. The first-order valence-corrected chi connectivity index (χ1v) is 6.50. The van der Waals surface area contributed by atoms with Crippen LogP contribution in [0, 0.1) is 0 Å². The lowest BCUT2D eigenvalue weighted by Gasteiger charge is -2.15. The minimum absolute atomic E-state index is 0.106. The monoisotopic (exact) mass is 277 g/mol. The molecular formula is C13H11NO2S2. The lowest BCUT2D eigenvalue weighted by atomic mass is 10.1. The zero-order valence-corrected chi connectivity index (χ0v) is 11.1. The van der Waals surface area contributed by atoms with Crippen LogP contribution in [-0.4, -0.2) is 26.0 Å². The van der Waals surface area contributed by atoms with Crippen molar-refractivity contribution in [2.45, 2.75) is 0 Å². The molecule has 0 bridgehead atoms. The van der Waals surface area contributed by atoms with Crippen LogP contribution in [0.4, 0.5) is 0 Å². The molecule has 0 aliphatic carbocycles. The Morgan fingerprint density at radius 3 is 2.83 bits per heavy atom. The van der Waals surface area contributed by atoms with Crippen molar-refractivity contribution in [2.24, 2.45) is 0 Å². The Hall–Kier alpha value is -1.59. The van der Waals surface area contributed by atoms with Crippen molar-refractivity contribution in [3.05, 3.63) is 48.2 Å². The molecule has 1 aliphatic rings. The molecule has 1 aromatic rings. The molecule has 1 N–H and O–H groups in total. The summed E-state index contributed by atoms with van der Waals surface area (Å²) in [4.78, 5) is 13.5. The fourth-order valence-electron chi connectivity index (χ4n) is 1.59. The van der Waals surface area contributed by atoms with E-state index < -0.39 is 0 Å². The average molecular weight is 277 g/mol. The van der Waals surface area contributed by atoms with E-state index in [4.69, 9.17) is 12.2 Å². The Kier molecular flexibility index (Phi) is 3.84. The predicted octanol–water partition coefficient (Wildman–Crippen LogP) is 2.78. The van der Waals surface area contributed by atoms with E-state index in [1.807, 2.05) is 0 Å². The Balaban J connectivity index is 2.41. The number of phenolic OH excluding ortho intramolecular Hbond substituents is 1. The smallest absolute Gasteiger partial charge is 0.242 e. The third-order valence-corrected chi connectivity index (χ3v) is 3.70. The molecule has 0 amide bonds. The third kappa shape index (κ3) is 2.47. The van der Waals surface area contributed by atoms with Gasteiger partial charge in [0, 0.05) is 12.1 Å². The quantitative estimate of drug-likeness (QED) is 0.522. The van der Waals surface area contributed by atoms with Crippen molar-refractivity contribution in [1.82, 2.24) is 4.90 Å². The van der Waals surface area contributed by atoms with E-state index >= 15 is 0 Å². The van der Waals surface area contributed by atoms with Crippen LogP contribution in [0.25, 0.3) is 6.08 Å². The largest absolute Gasteiger partial charge is 0.507 e. The van der Waals surface area contributed by atoms with Crippen LogP contribution in [0.15, 0.2) is 42.6 Å². The number of carbonyl (C=O) groups is 1. The molecule has 5 heteroatoms. The maximum Gasteiger partial charge on any atom is 0.242 e. The normalized spacial score (nSPS) is 17.6. The summed E-state index contributed by atoms with van der Waals surface area (Å²) in [6.45, 7) is 4.13. The van der Waals surface area contributed by atoms with Crippen LogP contribution < -0.4 is 0 Å². The predicted molar refractivity (Wildman–Crippen MR) is 78.2 cm³/mol. The van der Waals surface area contributed by atoms with Crippen LogP contribution in [0.5, 0.6) is 5.75 Å². The van der Waals surface area contributed by atoms with Crippen LogP contribution in [0.3, 0.4) is 0 Å². The van der Waals surface area contributed by atoms with Crippen molar-refractivity contribution in [1.29, 1.82) is 0 Å². The van der Waals surface area contributed by atoms with Gasteiger partial charge in [-0.25, -0.2) is 0 Å². The van der Waals surface area contributed by atoms with Gasteiger partial charge in [-0.2, -0.15) is 0 Å². The fourth-order valence-corrected chi connectivity index (χ4v) is 2.71. The summed E-state index contributed by atoms with van der Waals surface area (Å²) in [5, 5.41) is 9.60. The van der Waals surface area contributed by atoms with Gasteiger partial charge >= 0.3 is 0 Å². The minimum Gasteiger partial charge on any atom is -0.507 e. The minimum atomic E-state index is -0.106. The van der Waals surface area contributed by atoms with E-state index in [-0.39, 0.29) is 10.9 Å². The molecule has 0 atom stereocenters.